The lowest BCUT2D eigenvalue weighted by atomic mass is 9.71. The normalized spacial score (nSPS) is 22.7. The summed E-state index contributed by atoms with van der Waals surface area (Å²) < 4.78 is 24.0. The molecule has 4 aliphatic rings. The van der Waals surface area contributed by atoms with E-state index in [0.29, 0.717) is 65.4 Å². The number of amides is 2. The minimum Gasteiger partial charge on any atom is -0.507 e. The van der Waals surface area contributed by atoms with Gasteiger partial charge in [0, 0.05) is 53.7 Å². The molecule has 290 valence electrons. The highest BCUT2D eigenvalue weighted by Gasteiger charge is 2.57. The molecule has 13 heteroatoms. The van der Waals surface area contributed by atoms with Gasteiger partial charge in [-0.2, -0.15) is 5.26 Å². The predicted molar refractivity (Wildman–Crippen MR) is 202 cm³/mol. The van der Waals surface area contributed by atoms with Crippen LogP contribution in [0.2, 0.25) is 0 Å². The molecule has 0 aromatic heterocycles. The van der Waals surface area contributed by atoms with Crippen LogP contribution in [0.5, 0.6) is 28.7 Å². The van der Waals surface area contributed by atoms with Gasteiger partial charge in [0.25, 0.3) is 0 Å². The van der Waals surface area contributed by atoms with Crippen molar-refractivity contribution in [2.45, 2.75) is 102 Å². The number of nitrogens with one attached hydrogen (secondary N) is 2. The third kappa shape index (κ3) is 6.72. The van der Waals surface area contributed by atoms with E-state index in [2.05, 4.69) is 32.6 Å². The van der Waals surface area contributed by atoms with E-state index in [-0.39, 0.29) is 55.8 Å². The van der Waals surface area contributed by atoms with Crippen molar-refractivity contribution >= 4 is 17.8 Å². The van der Waals surface area contributed by atoms with Crippen LogP contribution >= 0.6 is 0 Å². The van der Waals surface area contributed by atoms with Gasteiger partial charge in [-0.05, 0) is 70.2 Å². The highest BCUT2D eigenvalue weighted by molar-refractivity contribution is 5.87. The summed E-state index contributed by atoms with van der Waals surface area (Å²) in [5.41, 5.74) is 5.49. The number of ether oxygens (including phenoxy) is 4. The molecule has 0 radical (unpaired) electrons. The van der Waals surface area contributed by atoms with Gasteiger partial charge in [0.2, 0.25) is 18.6 Å². The van der Waals surface area contributed by atoms with Crippen LogP contribution in [-0.2, 0) is 33.6 Å². The first-order valence-electron chi connectivity index (χ1n) is 19.0. The number of likely N-dealkylation sites (N-methyl/N-ethyl adjacent to an activating group) is 1. The highest BCUT2D eigenvalue weighted by Crippen LogP contribution is 2.58. The van der Waals surface area contributed by atoms with Crippen LogP contribution in [0.15, 0.2) is 36.4 Å². The number of benzene rings is 3. The second-order valence-corrected chi connectivity index (χ2v) is 15.0. The fourth-order valence-corrected chi connectivity index (χ4v) is 9.12. The molecule has 13 nitrogen and oxygen atoms in total. The molecule has 4 heterocycles. The maximum Gasteiger partial charge on any atom is 0.311 e. The van der Waals surface area contributed by atoms with Crippen molar-refractivity contribution in [2.75, 3.05) is 27.5 Å². The number of hydrogen-bond acceptors (Lipinski definition) is 11. The standard InChI is InChI=1S/C42H49N5O8/c1-7-11-33(49)55-41-34-26(16-22(2)38(41)52-6)17-28-30(19-43)47-29(36(34)46(28)5)18-27-35(40-39(53-21-54-40)23(3)37(27)50)31(47)20-44-42(51)24(4)45-32(48)15-14-25-12-9-8-10-13-25/h8-10,12-13,16,24,28-31,36,50H,7,11,14-15,17-18,20-21H2,1-6H3,(H,44,51)(H,45,48)/t24?,28-,29?,30-,31-,36-/m0/s1. The first-order chi connectivity index (χ1) is 26.5. The Hall–Kier alpha value is -5.32. The van der Waals surface area contributed by atoms with Gasteiger partial charge in [0.15, 0.2) is 23.0 Å². The second kappa shape index (κ2) is 15.4. The zero-order chi connectivity index (χ0) is 39.1. The molecule has 0 saturated carbocycles. The summed E-state index contributed by atoms with van der Waals surface area (Å²) in [5.74, 6) is 0.847. The summed E-state index contributed by atoms with van der Waals surface area (Å²) in [6, 6.07) is 11.2. The van der Waals surface area contributed by atoms with Crippen molar-refractivity contribution in [1.82, 2.24) is 20.4 Å². The molecule has 4 aliphatic heterocycles. The van der Waals surface area contributed by atoms with Gasteiger partial charge in [-0.15, -0.1) is 0 Å². The maximum absolute atomic E-state index is 13.7. The number of carbonyl (C=O) groups is 3. The van der Waals surface area contributed by atoms with Crippen LogP contribution in [0.4, 0.5) is 0 Å². The van der Waals surface area contributed by atoms with Crippen molar-refractivity contribution in [3.63, 3.8) is 0 Å². The first kappa shape index (κ1) is 38.0. The van der Waals surface area contributed by atoms with Crippen molar-refractivity contribution in [1.29, 1.82) is 5.26 Å². The number of aromatic hydroxyl groups is 1. The average Bonchev–Trinajstić information content (AvgIpc) is 3.66. The average molecular weight is 752 g/mol. The van der Waals surface area contributed by atoms with Gasteiger partial charge in [0.05, 0.1) is 25.3 Å². The maximum atomic E-state index is 13.7. The van der Waals surface area contributed by atoms with Crippen LogP contribution in [0.1, 0.15) is 84.1 Å². The SMILES string of the molecule is CCCC(=O)Oc1c(OC)c(C)cc2c1[C@@H]1C3Cc4c(O)c(C)c5c(c4[C@H](CNC(=O)C(C)NC(=O)CCc4ccccc4)N3[C@@H](C#N)[C@H](C2)N1C)OCO5. The number of esters is 1. The number of nitriles is 1. The van der Waals surface area contributed by atoms with Crippen LogP contribution in [-0.4, -0.2) is 84.4 Å². The monoisotopic (exact) mass is 751 g/mol. The summed E-state index contributed by atoms with van der Waals surface area (Å²) in [7, 11) is 3.55. The number of phenols is 1. The van der Waals surface area contributed by atoms with Crippen LogP contribution in [0, 0.1) is 25.2 Å². The molecule has 1 saturated heterocycles. The topological polar surface area (TPSA) is 163 Å². The molecule has 3 N–H and O–H groups in total. The zero-order valence-electron chi connectivity index (χ0n) is 32.2. The number of fused-ring (bicyclic) bond motifs is 9. The molecule has 6 atom stereocenters. The second-order valence-electron chi connectivity index (χ2n) is 15.0. The Morgan fingerprint density at radius 3 is 2.51 bits per heavy atom. The van der Waals surface area contributed by atoms with E-state index in [1.165, 1.54) is 0 Å². The van der Waals surface area contributed by atoms with Crippen LogP contribution < -0.4 is 29.6 Å². The molecule has 2 amide bonds. The molecule has 3 aromatic rings. The van der Waals surface area contributed by atoms with Crippen LogP contribution in [0.25, 0.3) is 0 Å². The number of hydrogen-bond donors (Lipinski definition) is 3. The minimum atomic E-state index is -0.833. The van der Waals surface area contributed by atoms with Crippen LogP contribution in [0.3, 0.4) is 0 Å². The highest BCUT2D eigenvalue weighted by atomic mass is 16.7. The van der Waals surface area contributed by atoms with E-state index in [0.717, 1.165) is 22.3 Å². The smallest absolute Gasteiger partial charge is 0.311 e. The molecule has 0 aliphatic carbocycles. The fourth-order valence-electron chi connectivity index (χ4n) is 9.12. The molecule has 3 aromatic carbocycles. The molecule has 55 heavy (non-hydrogen) atoms. The van der Waals surface area contributed by atoms with Gasteiger partial charge in [0.1, 0.15) is 17.8 Å². The molecular formula is C42H49N5O8. The van der Waals surface area contributed by atoms with E-state index in [9.17, 15) is 24.8 Å². The summed E-state index contributed by atoms with van der Waals surface area (Å²) in [5, 5.41) is 28.7. The molecule has 2 unspecified atom stereocenters. The molecule has 7 rings (SSSR count). The lowest BCUT2D eigenvalue weighted by molar-refractivity contribution is -0.134. The van der Waals surface area contributed by atoms with Gasteiger partial charge in [-0.1, -0.05) is 43.3 Å². The van der Waals surface area contributed by atoms with E-state index in [4.69, 9.17) is 18.9 Å². The summed E-state index contributed by atoms with van der Waals surface area (Å²) in [6.45, 7) is 7.28. The summed E-state index contributed by atoms with van der Waals surface area (Å²) in [4.78, 5) is 44.0. The quantitative estimate of drug-likeness (QED) is 0.187. The van der Waals surface area contributed by atoms with Crippen molar-refractivity contribution in [3.05, 3.63) is 75.3 Å². The summed E-state index contributed by atoms with van der Waals surface area (Å²) >= 11 is 0. The van der Waals surface area contributed by atoms with E-state index < -0.39 is 30.2 Å². The van der Waals surface area contributed by atoms with Gasteiger partial charge in [-0.25, -0.2) is 0 Å². The Morgan fingerprint density at radius 2 is 1.80 bits per heavy atom. The number of nitrogens with zero attached hydrogens (tertiary/aromatic N) is 3. The van der Waals surface area contributed by atoms with Crippen molar-refractivity contribution in [3.8, 4) is 34.8 Å². The number of phenolic OH excluding ortho intramolecular Hbond substituents is 1. The number of methoxy groups -OCH3 is 1. The Bertz CT molecular complexity index is 2050. The van der Waals surface area contributed by atoms with E-state index in [1.807, 2.05) is 51.2 Å². The Kier molecular flexibility index (Phi) is 10.7. The minimum absolute atomic E-state index is 0.0324. The van der Waals surface area contributed by atoms with E-state index >= 15 is 0 Å². The lowest BCUT2D eigenvalue weighted by Crippen LogP contribution is -2.69. The number of carbonyl (C=O) groups excluding carboxylic acids is 3. The Balaban J connectivity index is 1.27. The number of piperazine rings is 1. The van der Waals surface area contributed by atoms with Gasteiger partial charge < -0.3 is 34.7 Å². The third-order valence-electron chi connectivity index (χ3n) is 11.7. The fraction of sp³-hybridized carbons (Fsp3) is 0.476. The Labute approximate surface area is 321 Å². The predicted octanol–water partition coefficient (Wildman–Crippen LogP) is 4.48. The molecule has 2 bridgehead atoms. The number of aryl methyl sites for hydroxylation is 2. The van der Waals surface area contributed by atoms with E-state index in [1.54, 1.807) is 21.0 Å². The number of rotatable bonds is 11. The Morgan fingerprint density at radius 1 is 1.05 bits per heavy atom. The first-order valence-corrected chi connectivity index (χ1v) is 19.0. The van der Waals surface area contributed by atoms with Crippen molar-refractivity contribution in [2.24, 2.45) is 0 Å². The largest absolute Gasteiger partial charge is 0.507 e. The molecule has 1 fully saturated rings. The van der Waals surface area contributed by atoms with Gasteiger partial charge in [-0.3, -0.25) is 24.2 Å². The lowest BCUT2D eigenvalue weighted by Gasteiger charge is -2.60. The van der Waals surface area contributed by atoms with Crippen molar-refractivity contribution < 1.29 is 38.4 Å². The summed E-state index contributed by atoms with van der Waals surface area (Å²) in [6.07, 6.45) is 2.47. The zero-order valence-corrected chi connectivity index (χ0v) is 32.2. The third-order valence-corrected chi connectivity index (χ3v) is 11.7. The van der Waals surface area contributed by atoms with Gasteiger partial charge >= 0.3 is 5.97 Å². The molecular weight excluding hydrogens is 702 g/mol. The molecule has 0 spiro atoms.